The highest BCUT2D eigenvalue weighted by atomic mass is 35.5. The molecular formula is C16H10ClF3N4O2. The number of carbonyl (C=O) groups excluding carboxylic acids is 1. The highest BCUT2D eigenvalue weighted by molar-refractivity contribution is 6.30. The largest absolute Gasteiger partial charge is 0.418 e. The van der Waals surface area contributed by atoms with Crippen LogP contribution in [-0.2, 0) is 17.5 Å². The molecular weight excluding hydrogens is 373 g/mol. The Labute approximate surface area is 149 Å². The molecule has 10 heteroatoms. The second kappa shape index (κ2) is 6.75. The molecule has 6 nitrogen and oxygen atoms in total. The van der Waals surface area contributed by atoms with Gasteiger partial charge in [0, 0.05) is 11.2 Å². The Morgan fingerprint density at radius 2 is 2.00 bits per heavy atom. The summed E-state index contributed by atoms with van der Waals surface area (Å²) in [5.74, 6) is -0.821. The van der Waals surface area contributed by atoms with Gasteiger partial charge in [-0.15, -0.1) is 0 Å². The van der Waals surface area contributed by atoms with Crippen molar-refractivity contribution in [2.75, 3.05) is 5.32 Å². The lowest BCUT2D eigenvalue weighted by Crippen LogP contribution is -2.29. The predicted molar refractivity (Wildman–Crippen MR) is 88.9 cm³/mol. The van der Waals surface area contributed by atoms with E-state index in [4.69, 9.17) is 11.6 Å². The lowest BCUT2D eigenvalue weighted by Gasteiger charge is -2.15. The topological polar surface area (TPSA) is 76.9 Å². The lowest BCUT2D eigenvalue weighted by atomic mass is 10.1. The summed E-state index contributed by atoms with van der Waals surface area (Å²) >= 11 is 5.60. The zero-order chi connectivity index (χ0) is 18.9. The summed E-state index contributed by atoms with van der Waals surface area (Å²) in [6.45, 7) is -0.519. The average molecular weight is 383 g/mol. The molecule has 26 heavy (non-hydrogen) atoms. The predicted octanol–water partition coefficient (Wildman–Crippen LogP) is 3.10. The molecule has 3 rings (SSSR count). The van der Waals surface area contributed by atoms with Crippen molar-refractivity contribution in [1.29, 1.82) is 0 Å². The van der Waals surface area contributed by atoms with Gasteiger partial charge in [0.1, 0.15) is 12.1 Å². The van der Waals surface area contributed by atoms with Gasteiger partial charge in [-0.25, -0.2) is 9.97 Å². The van der Waals surface area contributed by atoms with Gasteiger partial charge in [-0.1, -0.05) is 11.6 Å². The molecule has 0 bridgehead atoms. The van der Waals surface area contributed by atoms with Crippen molar-refractivity contribution in [2.24, 2.45) is 0 Å². The highest BCUT2D eigenvalue weighted by Gasteiger charge is 2.34. The molecule has 0 saturated carbocycles. The summed E-state index contributed by atoms with van der Waals surface area (Å²) in [5.41, 5.74) is -1.60. The number of alkyl halides is 3. The van der Waals surface area contributed by atoms with Crippen molar-refractivity contribution in [3.05, 3.63) is 63.7 Å². The maximum Gasteiger partial charge on any atom is 0.418 e. The number of anilines is 1. The molecule has 1 amide bonds. The molecule has 1 aromatic carbocycles. The first-order chi connectivity index (χ1) is 12.3. The minimum absolute atomic E-state index is 0.115. The van der Waals surface area contributed by atoms with Crippen molar-refractivity contribution >= 4 is 34.4 Å². The number of benzene rings is 1. The molecule has 134 valence electrons. The fraction of sp³-hybridized carbons (Fsp3) is 0.125. The first-order valence-electron chi connectivity index (χ1n) is 7.23. The van der Waals surface area contributed by atoms with Gasteiger partial charge in [-0.05, 0) is 30.3 Å². The summed E-state index contributed by atoms with van der Waals surface area (Å²) in [6.07, 6.45) is -2.27. The fourth-order valence-corrected chi connectivity index (χ4v) is 2.51. The van der Waals surface area contributed by atoms with E-state index in [0.717, 1.165) is 16.8 Å². The van der Waals surface area contributed by atoms with Gasteiger partial charge >= 0.3 is 6.18 Å². The van der Waals surface area contributed by atoms with E-state index in [0.29, 0.717) is 11.6 Å². The molecule has 2 aromatic heterocycles. The van der Waals surface area contributed by atoms with Gasteiger partial charge < -0.3 is 5.32 Å². The van der Waals surface area contributed by atoms with Crippen molar-refractivity contribution in [1.82, 2.24) is 14.5 Å². The number of nitrogens with one attached hydrogen (secondary N) is 1. The number of nitrogens with zero attached hydrogens (tertiary/aromatic N) is 3. The van der Waals surface area contributed by atoms with Crippen molar-refractivity contribution in [3.63, 3.8) is 0 Å². The number of hydrogen-bond donors (Lipinski definition) is 1. The van der Waals surface area contributed by atoms with E-state index in [9.17, 15) is 22.8 Å². The second-order valence-electron chi connectivity index (χ2n) is 5.26. The number of fused-ring (bicyclic) bond motifs is 1. The lowest BCUT2D eigenvalue weighted by molar-refractivity contribution is -0.137. The molecule has 2 heterocycles. The van der Waals surface area contributed by atoms with E-state index < -0.39 is 35.4 Å². The normalized spacial score (nSPS) is 11.5. The Morgan fingerprint density at radius 3 is 2.73 bits per heavy atom. The van der Waals surface area contributed by atoms with Crippen molar-refractivity contribution in [2.45, 2.75) is 12.7 Å². The minimum atomic E-state index is -4.70. The molecule has 3 aromatic rings. The van der Waals surface area contributed by atoms with E-state index in [2.05, 4.69) is 15.3 Å². The van der Waals surface area contributed by atoms with Crippen LogP contribution in [-0.4, -0.2) is 20.4 Å². The molecule has 0 unspecified atom stereocenters. The Morgan fingerprint density at radius 1 is 1.23 bits per heavy atom. The van der Waals surface area contributed by atoms with Crippen LogP contribution >= 0.6 is 11.6 Å². The average Bonchev–Trinajstić information content (AvgIpc) is 2.58. The summed E-state index contributed by atoms with van der Waals surface area (Å²) in [6, 6.07) is 6.19. The zero-order valence-electron chi connectivity index (χ0n) is 12.9. The SMILES string of the molecule is O=C(Cn1c(=O)cnc2cccnc21)Nc1ccc(Cl)cc1C(F)(F)F. The third-order valence-electron chi connectivity index (χ3n) is 3.46. The number of amides is 1. The summed E-state index contributed by atoms with van der Waals surface area (Å²) < 4.78 is 40.3. The van der Waals surface area contributed by atoms with Crippen LogP contribution in [0.2, 0.25) is 5.02 Å². The number of rotatable bonds is 3. The monoisotopic (exact) mass is 382 g/mol. The van der Waals surface area contributed by atoms with Crippen molar-refractivity contribution < 1.29 is 18.0 Å². The fourth-order valence-electron chi connectivity index (χ4n) is 2.34. The molecule has 0 aliphatic heterocycles. The van der Waals surface area contributed by atoms with Crippen LogP contribution in [0.5, 0.6) is 0 Å². The Balaban J connectivity index is 1.92. The Kier molecular flexibility index (Phi) is 4.64. The van der Waals surface area contributed by atoms with Gasteiger partial charge in [0.25, 0.3) is 5.56 Å². The molecule has 1 N–H and O–H groups in total. The minimum Gasteiger partial charge on any atom is -0.324 e. The first-order valence-corrected chi connectivity index (χ1v) is 7.60. The van der Waals surface area contributed by atoms with E-state index >= 15 is 0 Å². The Bertz CT molecular complexity index is 1050. The molecule has 0 aliphatic carbocycles. The van der Waals surface area contributed by atoms with Crippen LogP contribution in [0.15, 0.2) is 47.5 Å². The van der Waals surface area contributed by atoms with Crippen molar-refractivity contribution in [3.8, 4) is 0 Å². The number of aromatic nitrogens is 3. The number of hydrogen-bond acceptors (Lipinski definition) is 4. The standard InChI is InChI=1S/C16H10ClF3N4O2/c17-9-3-4-11(10(6-9)16(18,19)20)23-13(25)8-24-14(26)7-22-12-2-1-5-21-15(12)24/h1-7H,8H2,(H,23,25). The van der Waals surface area contributed by atoms with Crippen LogP contribution in [0.25, 0.3) is 11.2 Å². The van der Waals surface area contributed by atoms with E-state index in [1.165, 1.54) is 12.3 Å². The number of pyridine rings is 1. The van der Waals surface area contributed by atoms with Gasteiger partial charge in [-0.2, -0.15) is 13.2 Å². The molecule has 0 radical (unpaired) electrons. The third kappa shape index (κ3) is 3.67. The smallest absolute Gasteiger partial charge is 0.324 e. The molecule has 0 atom stereocenters. The third-order valence-corrected chi connectivity index (χ3v) is 3.70. The summed E-state index contributed by atoms with van der Waals surface area (Å²) in [4.78, 5) is 32.1. The molecule has 0 saturated heterocycles. The van der Waals surface area contributed by atoms with Crippen LogP contribution < -0.4 is 10.9 Å². The van der Waals surface area contributed by atoms with Gasteiger partial charge in [-0.3, -0.25) is 14.2 Å². The Hall–Kier alpha value is -2.94. The van der Waals surface area contributed by atoms with Gasteiger partial charge in [0.2, 0.25) is 5.91 Å². The van der Waals surface area contributed by atoms with Crippen LogP contribution in [0, 0.1) is 0 Å². The zero-order valence-corrected chi connectivity index (χ0v) is 13.7. The number of carbonyl (C=O) groups is 1. The number of halogens is 4. The summed E-state index contributed by atoms with van der Waals surface area (Å²) in [5, 5.41) is 2.04. The molecule has 0 aliphatic rings. The first kappa shape index (κ1) is 17.9. The summed E-state index contributed by atoms with van der Waals surface area (Å²) in [7, 11) is 0. The maximum atomic E-state index is 13.1. The van der Waals surface area contributed by atoms with Gasteiger partial charge in [0.05, 0.1) is 17.4 Å². The van der Waals surface area contributed by atoms with E-state index in [1.54, 1.807) is 12.1 Å². The van der Waals surface area contributed by atoms with Crippen LogP contribution in [0.4, 0.5) is 18.9 Å². The molecule has 0 fully saturated rings. The van der Waals surface area contributed by atoms with Crippen LogP contribution in [0.1, 0.15) is 5.56 Å². The maximum absolute atomic E-state index is 13.1. The van der Waals surface area contributed by atoms with E-state index in [-0.39, 0.29) is 10.7 Å². The van der Waals surface area contributed by atoms with Crippen LogP contribution in [0.3, 0.4) is 0 Å². The van der Waals surface area contributed by atoms with Gasteiger partial charge in [0.15, 0.2) is 5.65 Å². The highest BCUT2D eigenvalue weighted by Crippen LogP contribution is 2.36. The molecule has 0 spiro atoms. The second-order valence-corrected chi connectivity index (χ2v) is 5.70. The van der Waals surface area contributed by atoms with E-state index in [1.807, 2.05) is 0 Å². The quantitative estimate of drug-likeness (QED) is 0.755.